The van der Waals surface area contributed by atoms with Crippen LogP contribution in [-0.4, -0.2) is 5.78 Å². The van der Waals surface area contributed by atoms with Gasteiger partial charge in [0.15, 0.2) is 5.78 Å². The van der Waals surface area contributed by atoms with Gasteiger partial charge in [0.2, 0.25) is 0 Å². The summed E-state index contributed by atoms with van der Waals surface area (Å²) in [6, 6.07) is 7.41. The van der Waals surface area contributed by atoms with Gasteiger partial charge in [-0.15, -0.1) is 0 Å². The molecule has 0 amide bonds. The highest BCUT2D eigenvalue weighted by Crippen LogP contribution is 2.32. The maximum absolute atomic E-state index is 12.7. The molecule has 0 bridgehead atoms. The normalized spacial score (nSPS) is 12.7. The topological polar surface area (TPSA) is 54.0 Å². The van der Waals surface area contributed by atoms with E-state index in [1.165, 1.54) is 24.5 Å². The molecule has 0 fully saturated rings. The lowest BCUT2D eigenvalue weighted by atomic mass is 9.92. The van der Waals surface area contributed by atoms with E-state index in [-0.39, 0.29) is 11.1 Å². The van der Waals surface area contributed by atoms with Crippen molar-refractivity contribution in [2.75, 3.05) is 0 Å². The monoisotopic (exact) mass is 293 g/mol. The number of Topliss-reactive ketones (excluding diaryl/α,β-unsaturated/α-hetero) is 1. The molecule has 0 aliphatic rings. The molecule has 1 aromatic heterocycles. The zero-order valence-corrected chi connectivity index (χ0v) is 10.9. The SMILES string of the molecule is Cc1cc(C(=O)C(C#N)c2cccc(C(F)(F)F)c2)co1. The first-order chi connectivity index (χ1) is 9.82. The van der Waals surface area contributed by atoms with Crippen LogP contribution in [0.5, 0.6) is 0 Å². The Hall–Kier alpha value is -2.55. The molecule has 0 radical (unpaired) electrons. The average Bonchev–Trinajstić information content (AvgIpc) is 2.85. The fraction of sp³-hybridized carbons (Fsp3) is 0.200. The van der Waals surface area contributed by atoms with Crippen LogP contribution in [0.1, 0.15) is 33.2 Å². The van der Waals surface area contributed by atoms with Crippen LogP contribution in [0.15, 0.2) is 41.0 Å². The molecule has 0 saturated carbocycles. The molecular weight excluding hydrogens is 283 g/mol. The van der Waals surface area contributed by atoms with Crippen LogP contribution in [-0.2, 0) is 6.18 Å². The van der Waals surface area contributed by atoms with E-state index in [1.54, 1.807) is 13.0 Å². The van der Waals surface area contributed by atoms with Gasteiger partial charge in [0.25, 0.3) is 0 Å². The van der Waals surface area contributed by atoms with E-state index < -0.39 is 23.4 Å². The van der Waals surface area contributed by atoms with Crippen molar-refractivity contribution in [2.45, 2.75) is 19.0 Å². The predicted octanol–water partition coefficient (Wildman–Crippen LogP) is 4.10. The lowest BCUT2D eigenvalue weighted by Gasteiger charge is -2.11. The van der Waals surface area contributed by atoms with E-state index in [1.807, 2.05) is 0 Å². The molecule has 2 rings (SSSR count). The van der Waals surface area contributed by atoms with Crippen LogP contribution >= 0.6 is 0 Å². The summed E-state index contributed by atoms with van der Waals surface area (Å²) in [7, 11) is 0. The molecule has 0 saturated heterocycles. The molecular formula is C15H10F3NO2. The van der Waals surface area contributed by atoms with E-state index in [9.17, 15) is 18.0 Å². The van der Waals surface area contributed by atoms with Crippen molar-refractivity contribution in [1.82, 2.24) is 0 Å². The van der Waals surface area contributed by atoms with Gasteiger partial charge in [-0.1, -0.05) is 18.2 Å². The zero-order chi connectivity index (χ0) is 15.6. The van der Waals surface area contributed by atoms with Gasteiger partial charge in [-0.3, -0.25) is 4.79 Å². The number of benzene rings is 1. The molecule has 3 nitrogen and oxygen atoms in total. The largest absolute Gasteiger partial charge is 0.469 e. The fourth-order valence-electron chi connectivity index (χ4n) is 1.92. The second-order valence-corrected chi connectivity index (χ2v) is 4.50. The van der Waals surface area contributed by atoms with Crippen molar-refractivity contribution >= 4 is 5.78 Å². The van der Waals surface area contributed by atoms with Crippen molar-refractivity contribution in [3.8, 4) is 6.07 Å². The second-order valence-electron chi connectivity index (χ2n) is 4.50. The molecule has 6 heteroatoms. The molecule has 0 aliphatic carbocycles. The Bertz CT molecular complexity index is 710. The van der Waals surface area contributed by atoms with Crippen molar-refractivity contribution < 1.29 is 22.4 Å². The highest BCUT2D eigenvalue weighted by atomic mass is 19.4. The summed E-state index contributed by atoms with van der Waals surface area (Å²) >= 11 is 0. The van der Waals surface area contributed by atoms with Crippen LogP contribution < -0.4 is 0 Å². The molecule has 1 unspecified atom stereocenters. The first-order valence-electron chi connectivity index (χ1n) is 5.99. The molecule has 108 valence electrons. The van der Waals surface area contributed by atoms with Crippen molar-refractivity contribution in [1.29, 1.82) is 5.26 Å². The van der Waals surface area contributed by atoms with Crippen LogP contribution in [0.2, 0.25) is 0 Å². The Morgan fingerprint density at radius 2 is 2.05 bits per heavy atom. The van der Waals surface area contributed by atoms with Gasteiger partial charge in [0.05, 0.1) is 17.2 Å². The number of carbonyl (C=O) groups is 1. The maximum Gasteiger partial charge on any atom is 0.416 e. The van der Waals surface area contributed by atoms with E-state index in [4.69, 9.17) is 9.68 Å². The Morgan fingerprint density at radius 3 is 2.57 bits per heavy atom. The van der Waals surface area contributed by atoms with Crippen molar-refractivity contribution in [2.24, 2.45) is 0 Å². The number of nitriles is 1. The Labute approximate surface area is 118 Å². The standard InChI is InChI=1S/C15H10F3NO2/c1-9-5-11(8-21-9)14(20)13(7-19)10-3-2-4-12(6-10)15(16,17)18/h2-6,8,13H,1H3. The third-order valence-electron chi connectivity index (χ3n) is 2.95. The lowest BCUT2D eigenvalue weighted by molar-refractivity contribution is -0.137. The highest BCUT2D eigenvalue weighted by molar-refractivity contribution is 6.02. The quantitative estimate of drug-likeness (QED) is 0.801. The number of alkyl halides is 3. The first-order valence-corrected chi connectivity index (χ1v) is 5.99. The summed E-state index contributed by atoms with van der Waals surface area (Å²) in [5.74, 6) is -1.41. The van der Waals surface area contributed by atoms with Gasteiger partial charge in [0.1, 0.15) is 17.9 Å². The number of halogens is 3. The molecule has 1 aromatic carbocycles. The number of rotatable bonds is 3. The number of ketones is 1. The van der Waals surface area contributed by atoms with Crippen LogP contribution in [0, 0.1) is 18.3 Å². The summed E-state index contributed by atoms with van der Waals surface area (Å²) in [5.41, 5.74) is -0.718. The molecule has 21 heavy (non-hydrogen) atoms. The molecule has 1 atom stereocenters. The van der Waals surface area contributed by atoms with Gasteiger partial charge in [-0.2, -0.15) is 18.4 Å². The van der Waals surface area contributed by atoms with Crippen LogP contribution in [0.4, 0.5) is 13.2 Å². The average molecular weight is 293 g/mol. The lowest BCUT2D eigenvalue weighted by Crippen LogP contribution is -2.12. The van der Waals surface area contributed by atoms with Gasteiger partial charge >= 0.3 is 6.18 Å². The fourth-order valence-corrected chi connectivity index (χ4v) is 1.92. The summed E-state index contributed by atoms with van der Waals surface area (Å²) in [6.45, 7) is 1.63. The number of nitrogens with zero attached hydrogens (tertiary/aromatic N) is 1. The minimum atomic E-state index is -4.52. The number of hydrogen-bond acceptors (Lipinski definition) is 3. The van der Waals surface area contributed by atoms with E-state index in [0.717, 1.165) is 12.1 Å². The molecule has 0 N–H and O–H groups in total. The minimum Gasteiger partial charge on any atom is -0.469 e. The minimum absolute atomic E-state index is 0.0104. The summed E-state index contributed by atoms with van der Waals surface area (Å²) in [5, 5.41) is 9.13. The van der Waals surface area contributed by atoms with E-state index in [0.29, 0.717) is 5.76 Å². The van der Waals surface area contributed by atoms with Crippen molar-refractivity contribution in [3.63, 3.8) is 0 Å². The zero-order valence-electron chi connectivity index (χ0n) is 10.9. The van der Waals surface area contributed by atoms with Gasteiger partial charge in [0, 0.05) is 0 Å². The third kappa shape index (κ3) is 3.14. The van der Waals surface area contributed by atoms with Gasteiger partial charge in [-0.25, -0.2) is 0 Å². The Morgan fingerprint density at radius 1 is 1.33 bits per heavy atom. The highest BCUT2D eigenvalue weighted by Gasteiger charge is 2.32. The van der Waals surface area contributed by atoms with E-state index >= 15 is 0 Å². The molecule has 0 spiro atoms. The number of hydrogen-bond donors (Lipinski definition) is 0. The summed E-state index contributed by atoms with van der Waals surface area (Å²) in [6.07, 6.45) is -3.33. The van der Waals surface area contributed by atoms with Gasteiger partial charge < -0.3 is 4.42 Å². The number of furan rings is 1. The first kappa shape index (κ1) is 14.9. The smallest absolute Gasteiger partial charge is 0.416 e. The second kappa shape index (κ2) is 5.44. The van der Waals surface area contributed by atoms with Gasteiger partial charge in [-0.05, 0) is 24.6 Å². The predicted molar refractivity (Wildman–Crippen MR) is 67.6 cm³/mol. The third-order valence-corrected chi connectivity index (χ3v) is 2.95. The Balaban J connectivity index is 2.39. The summed E-state index contributed by atoms with van der Waals surface area (Å²) in [4.78, 5) is 12.2. The van der Waals surface area contributed by atoms with Crippen LogP contribution in [0.3, 0.4) is 0 Å². The van der Waals surface area contributed by atoms with E-state index in [2.05, 4.69) is 0 Å². The maximum atomic E-state index is 12.7. The summed E-state index contributed by atoms with van der Waals surface area (Å²) < 4.78 is 43.0. The number of aryl methyl sites for hydroxylation is 1. The molecule has 2 aromatic rings. The van der Waals surface area contributed by atoms with Crippen LogP contribution in [0.25, 0.3) is 0 Å². The number of carbonyl (C=O) groups excluding carboxylic acids is 1. The van der Waals surface area contributed by atoms with Crippen molar-refractivity contribution in [3.05, 3.63) is 59.0 Å². The Kier molecular flexibility index (Phi) is 3.85. The molecule has 0 aliphatic heterocycles. The molecule has 1 heterocycles.